The van der Waals surface area contributed by atoms with Crippen LogP contribution in [0.2, 0.25) is 0 Å². The molecule has 1 aromatic carbocycles. The largest absolute Gasteiger partial charge is 0.486 e. The lowest BCUT2D eigenvalue weighted by Crippen LogP contribution is -2.26. The average molecular weight is 250 g/mol. The van der Waals surface area contributed by atoms with Crippen molar-refractivity contribution in [2.45, 2.75) is 39.7 Å². The van der Waals surface area contributed by atoms with Crippen LogP contribution < -0.4 is 9.47 Å². The Balaban J connectivity index is 1.98. The average Bonchev–Trinajstić information content (AvgIpc) is 2.34. The van der Waals surface area contributed by atoms with Gasteiger partial charge in [-0.25, -0.2) is 0 Å². The molecule has 1 aromatic rings. The Hall–Kier alpha value is -1.22. The molecule has 1 N–H and O–H groups in total. The van der Waals surface area contributed by atoms with Gasteiger partial charge in [-0.15, -0.1) is 0 Å². The van der Waals surface area contributed by atoms with Crippen LogP contribution in [0.3, 0.4) is 0 Å². The Morgan fingerprint density at radius 1 is 1.17 bits per heavy atom. The van der Waals surface area contributed by atoms with Crippen molar-refractivity contribution < 1.29 is 14.6 Å². The monoisotopic (exact) mass is 250 g/mol. The van der Waals surface area contributed by atoms with Gasteiger partial charge in [0.1, 0.15) is 13.2 Å². The summed E-state index contributed by atoms with van der Waals surface area (Å²) in [6, 6.07) is 6.01. The molecule has 1 heterocycles. The van der Waals surface area contributed by atoms with E-state index in [1.807, 2.05) is 18.2 Å². The zero-order chi connectivity index (χ0) is 13.2. The topological polar surface area (TPSA) is 38.7 Å². The van der Waals surface area contributed by atoms with E-state index in [-0.39, 0.29) is 11.5 Å². The molecule has 0 amide bonds. The maximum absolute atomic E-state index is 10.0. The highest BCUT2D eigenvalue weighted by Gasteiger charge is 2.21. The van der Waals surface area contributed by atoms with Gasteiger partial charge in [0.15, 0.2) is 11.5 Å². The second-order valence-corrected chi connectivity index (χ2v) is 5.90. The number of ether oxygens (including phenoxy) is 2. The highest BCUT2D eigenvalue weighted by atomic mass is 16.6. The van der Waals surface area contributed by atoms with Crippen molar-refractivity contribution >= 4 is 0 Å². The van der Waals surface area contributed by atoms with Crippen molar-refractivity contribution in [3.8, 4) is 11.5 Å². The molecule has 2 rings (SSSR count). The zero-order valence-electron chi connectivity index (χ0n) is 11.4. The van der Waals surface area contributed by atoms with Crippen molar-refractivity contribution in [2.75, 3.05) is 13.2 Å². The van der Waals surface area contributed by atoms with Gasteiger partial charge in [-0.1, -0.05) is 26.8 Å². The summed E-state index contributed by atoms with van der Waals surface area (Å²) in [5.41, 5.74) is 1.12. The normalized spacial score (nSPS) is 16.4. The van der Waals surface area contributed by atoms with Gasteiger partial charge in [0.25, 0.3) is 0 Å². The van der Waals surface area contributed by atoms with Crippen LogP contribution in [0.25, 0.3) is 0 Å². The van der Waals surface area contributed by atoms with E-state index in [1.165, 1.54) is 5.56 Å². The summed E-state index contributed by atoms with van der Waals surface area (Å²) in [6.07, 6.45) is 1.34. The molecule has 0 bridgehead atoms. The first-order valence-corrected chi connectivity index (χ1v) is 6.53. The van der Waals surface area contributed by atoms with Gasteiger partial charge in [-0.3, -0.25) is 0 Å². The number of hydrogen-bond acceptors (Lipinski definition) is 3. The first kappa shape index (κ1) is 13.2. The predicted molar refractivity (Wildman–Crippen MR) is 71.2 cm³/mol. The molecule has 0 aromatic heterocycles. The van der Waals surface area contributed by atoms with Crippen molar-refractivity contribution in [1.82, 2.24) is 0 Å². The van der Waals surface area contributed by atoms with E-state index in [2.05, 4.69) is 20.8 Å². The summed E-state index contributed by atoms with van der Waals surface area (Å²) < 4.78 is 11.0. The number of fused-ring (bicyclic) bond motifs is 1. The van der Waals surface area contributed by atoms with Crippen LogP contribution in [0, 0.1) is 5.41 Å². The molecule has 0 unspecified atom stereocenters. The second kappa shape index (κ2) is 5.19. The highest BCUT2D eigenvalue weighted by molar-refractivity contribution is 5.43. The summed E-state index contributed by atoms with van der Waals surface area (Å²) in [6.45, 7) is 7.40. The van der Waals surface area contributed by atoms with Gasteiger partial charge in [-0.05, 0) is 36.0 Å². The molecular weight excluding hydrogens is 228 g/mol. The maximum atomic E-state index is 10.0. The molecule has 3 heteroatoms. The Labute approximate surface area is 109 Å². The van der Waals surface area contributed by atoms with Gasteiger partial charge in [0.05, 0.1) is 6.10 Å². The summed E-state index contributed by atoms with van der Waals surface area (Å²) in [5, 5.41) is 10.0. The van der Waals surface area contributed by atoms with Gasteiger partial charge in [0, 0.05) is 0 Å². The molecule has 0 radical (unpaired) electrons. The molecule has 1 atom stereocenters. The minimum Gasteiger partial charge on any atom is -0.486 e. The Kier molecular flexibility index (Phi) is 3.81. The fourth-order valence-electron chi connectivity index (χ4n) is 1.98. The van der Waals surface area contributed by atoms with Crippen LogP contribution in [-0.2, 0) is 6.42 Å². The first-order chi connectivity index (χ1) is 8.47. The molecule has 0 spiro atoms. The number of hydrogen-bond donors (Lipinski definition) is 1. The summed E-state index contributed by atoms with van der Waals surface area (Å²) in [4.78, 5) is 0. The van der Waals surface area contributed by atoms with E-state index >= 15 is 0 Å². The quantitative estimate of drug-likeness (QED) is 0.896. The predicted octanol–water partition coefficient (Wildman–Crippen LogP) is 2.80. The molecule has 0 saturated carbocycles. The second-order valence-electron chi connectivity index (χ2n) is 5.90. The molecule has 0 aliphatic carbocycles. The van der Waals surface area contributed by atoms with Crippen LogP contribution in [0.1, 0.15) is 32.8 Å². The molecule has 18 heavy (non-hydrogen) atoms. The minimum atomic E-state index is -0.286. The highest BCUT2D eigenvalue weighted by Crippen LogP contribution is 2.31. The molecule has 1 aliphatic rings. The summed E-state index contributed by atoms with van der Waals surface area (Å²) in [5.74, 6) is 1.64. The lowest BCUT2D eigenvalue weighted by molar-refractivity contribution is 0.0559. The van der Waals surface area contributed by atoms with E-state index in [4.69, 9.17) is 9.47 Å². The number of aliphatic hydroxyl groups excluding tert-OH is 1. The number of benzene rings is 1. The molecular formula is C15H22O3. The maximum Gasteiger partial charge on any atom is 0.161 e. The smallest absolute Gasteiger partial charge is 0.161 e. The van der Waals surface area contributed by atoms with Gasteiger partial charge < -0.3 is 14.6 Å². The van der Waals surface area contributed by atoms with Crippen LogP contribution in [-0.4, -0.2) is 24.4 Å². The SMILES string of the molecule is CC(C)(C)[C@@H](O)CCc1ccc2c(c1)OCCO2. The standard InChI is InChI=1S/C15H22O3/c1-15(2,3)14(16)7-5-11-4-6-12-13(10-11)18-9-8-17-12/h4,6,10,14,16H,5,7-9H2,1-3H3/t14-/m0/s1. The van der Waals surface area contributed by atoms with Gasteiger partial charge in [-0.2, -0.15) is 0 Å². The third-order valence-electron chi connectivity index (χ3n) is 3.31. The van der Waals surface area contributed by atoms with Crippen molar-refractivity contribution in [1.29, 1.82) is 0 Å². The van der Waals surface area contributed by atoms with Crippen LogP contribution in [0.15, 0.2) is 18.2 Å². The van der Waals surface area contributed by atoms with Crippen LogP contribution in [0.5, 0.6) is 11.5 Å². The zero-order valence-corrected chi connectivity index (χ0v) is 11.4. The lowest BCUT2D eigenvalue weighted by Gasteiger charge is -2.26. The first-order valence-electron chi connectivity index (χ1n) is 6.53. The molecule has 3 nitrogen and oxygen atoms in total. The van der Waals surface area contributed by atoms with Crippen molar-refractivity contribution in [3.05, 3.63) is 23.8 Å². The van der Waals surface area contributed by atoms with E-state index < -0.39 is 0 Å². The lowest BCUT2D eigenvalue weighted by atomic mass is 9.86. The van der Waals surface area contributed by atoms with E-state index in [9.17, 15) is 5.11 Å². The summed E-state index contributed by atoms with van der Waals surface area (Å²) in [7, 11) is 0. The molecule has 100 valence electrons. The third-order valence-corrected chi connectivity index (χ3v) is 3.31. The Bertz CT molecular complexity index is 407. The number of aryl methyl sites for hydroxylation is 1. The number of aliphatic hydroxyl groups is 1. The number of rotatable bonds is 3. The minimum absolute atomic E-state index is 0.0617. The van der Waals surface area contributed by atoms with E-state index in [1.54, 1.807) is 0 Å². The van der Waals surface area contributed by atoms with Gasteiger partial charge in [0.2, 0.25) is 0 Å². The third kappa shape index (κ3) is 3.16. The fraction of sp³-hybridized carbons (Fsp3) is 0.600. The van der Waals surface area contributed by atoms with Crippen molar-refractivity contribution in [2.24, 2.45) is 5.41 Å². The van der Waals surface area contributed by atoms with Crippen LogP contribution >= 0.6 is 0 Å². The van der Waals surface area contributed by atoms with Crippen LogP contribution in [0.4, 0.5) is 0 Å². The van der Waals surface area contributed by atoms with E-state index in [0.717, 1.165) is 24.3 Å². The fourth-order valence-corrected chi connectivity index (χ4v) is 1.98. The summed E-state index contributed by atoms with van der Waals surface area (Å²) >= 11 is 0. The van der Waals surface area contributed by atoms with Crippen molar-refractivity contribution in [3.63, 3.8) is 0 Å². The van der Waals surface area contributed by atoms with Gasteiger partial charge >= 0.3 is 0 Å². The Morgan fingerprint density at radius 3 is 2.50 bits per heavy atom. The molecule has 0 saturated heterocycles. The molecule has 1 aliphatic heterocycles. The Morgan fingerprint density at radius 2 is 1.83 bits per heavy atom. The molecule has 0 fully saturated rings. The van der Waals surface area contributed by atoms with E-state index in [0.29, 0.717) is 13.2 Å².